The molecule has 0 spiro atoms. The summed E-state index contributed by atoms with van der Waals surface area (Å²) >= 11 is 0. The van der Waals surface area contributed by atoms with Gasteiger partial charge in [0, 0.05) is 6.04 Å². The van der Waals surface area contributed by atoms with Crippen molar-refractivity contribution in [2.24, 2.45) is 11.8 Å². The fourth-order valence-electron chi connectivity index (χ4n) is 2.98. The number of nitrogens with one attached hydrogen (secondary N) is 1. The van der Waals surface area contributed by atoms with Crippen LogP contribution in [0.25, 0.3) is 0 Å². The van der Waals surface area contributed by atoms with Gasteiger partial charge in [0.15, 0.2) is 0 Å². The number of carbonyl (C=O) groups excluding carboxylic acids is 1. The average Bonchev–Trinajstić information content (AvgIpc) is 2.27. The van der Waals surface area contributed by atoms with Crippen LogP contribution in [0.2, 0.25) is 0 Å². The van der Waals surface area contributed by atoms with Gasteiger partial charge in [0.25, 0.3) is 0 Å². The zero-order valence-corrected chi connectivity index (χ0v) is 10.0. The Bertz CT molecular complexity index is 221. The van der Waals surface area contributed by atoms with Crippen molar-refractivity contribution in [3.05, 3.63) is 0 Å². The third kappa shape index (κ3) is 2.64. The predicted molar refractivity (Wildman–Crippen MR) is 61.1 cm³/mol. The molecular weight excluding hydrogens is 214 g/mol. The maximum atomic E-state index is 11.6. The zero-order valence-electron chi connectivity index (χ0n) is 9.20. The van der Waals surface area contributed by atoms with E-state index in [4.69, 9.17) is 4.74 Å². The highest BCUT2D eigenvalue weighted by molar-refractivity contribution is 5.85. The first-order valence-corrected chi connectivity index (χ1v) is 5.64. The summed E-state index contributed by atoms with van der Waals surface area (Å²) in [5.41, 5.74) is 0. The smallest absolute Gasteiger partial charge is 0.309 e. The number of esters is 1. The molecule has 0 bridgehead atoms. The zero-order chi connectivity index (χ0) is 9.97. The molecule has 2 fully saturated rings. The second-order valence-electron chi connectivity index (χ2n) is 4.43. The van der Waals surface area contributed by atoms with E-state index in [-0.39, 0.29) is 24.3 Å². The van der Waals surface area contributed by atoms with Crippen LogP contribution in [0.15, 0.2) is 0 Å². The van der Waals surface area contributed by atoms with Crippen molar-refractivity contribution in [1.29, 1.82) is 0 Å². The second kappa shape index (κ2) is 5.71. The Morgan fingerprint density at radius 3 is 2.73 bits per heavy atom. The van der Waals surface area contributed by atoms with Crippen LogP contribution in [0, 0.1) is 11.8 Å². The number of piperidine rings is 1. The van der Waals surface area contributed by atoms with Crippen molar-refractivity contribution in [3.63, 3.8) is 0 Å². The highest BCUT2D eigenvalue weighted by atomic mass is 35.5. The van der Waals surface area contributed by atoms with Crippen molar-refractivity contribution in [3.8, 4) is 0 Å². The molecular formula is C11H20ClNO2. The highest BCUT2D eigenvalue weighted by Gasteiger charge is 2.38. The third-order valence-electron chi connectivity index (χ3n) is 3.70. The minimum atomic E-state index is 0. The van der Waals surface area contributed by atoms with Crippen LogP contribution in [-0.4, -0.2) is 25.7 Å². The van der Waals surface area contributed by atoms with Crippen LogP contribution in [0.5, 0.6) is 0 Å². The molecule has 0 aromatic carbocycles. The number of hydrogen-bond acceptors (Lipinski definition) is 3. The van der Waals surface area contributed by atoms with Crippen LogP contribution in [-0.2, 0) is 9.53 Å². The van der Waals surface area contributed by atoms with Gasteiger partial charge in [-0.1, -0.05) is 12.8 Å². The van der Waals surface area contributed by atoms with Gasteiger partial charge >= 0.3 is 5.97 Å². The molecule has 3 atom stereocenters. The molecule has 2 rings (SSSR count). The molecule has 3 nitrogen and oxygen atoms in total. The van der Waals surface area contributed by atoms with E-state index in [1.807, 2.05) is 0 Å². The Morgan fingerprint density at radius 1 is 1.27 bits per heavy atom. The summed E-state index contributed by atoms with van der Waals surface area (Å²) in [5, 5.41) is 3.52. The topological polar surface area (TPSA) is 38.3 Å². The van der Waals surface area contributed by atoms with E-state index in [9.17, 15) is 4.79 Å². The van der Waals surface area contributed by atoms with E-state index in [1.165, 1.54) is 32.8 Å². The molecule has 1 heterocycles. The summed E-state index contributed by atoms with van der Waals surface area (Å²) in [6.07, 6.45) is 5.96. The lowest BCUT2D eigenvalue weighted by atomic mass is 9.73. The fourth-order valence-corrected chi connectivity index (χ4v) is 2.98. The quantitative estimate of drug-likeness (QED) is 0.702. The summed E-state index contributed by atoms with van der Waals surface area (Å²) < 4.78 is 4.87. The maximum absolute atomic E-state index is 11.6. The number of ether oxygens (including phenoxy) is 1. The summed E-state index contributed by atoms with van der Waals surface area (Å²) in [4.78, 5) is 11.6. The lowest BCUT2D eigenvalue weighted by Crippen LogP contribution is -2.49. The Hall–Kier alpha value is -0.280. The number of fused-ring (bicyclic) bond motifs is 1. The largest absolute Gasteiger partial charge is 0.469 e. The maximum Gasteiger partial charge on any atom is 0.309 e. The molecule has 2 aliphatic rings. The van der Waals surface area contributed by atoms with Gasteiger partial charge in [-0.2, -0.15) is 0 Å². The average molecular weight is 234 g/mol. The standard InChI is InChI=1S/C11H19NO2.ClH/c1-14-11(13)9-6-7-12-10-5-3-2-4-8(9)10;/h8-10,12H,2-7H2,1H3;1H. The molecule has 1 saturated heterocycles. The fraction of sp³-hybridized carbons (Fsp3) is 0.909. The normalized spacial score (nSPS) is 34.9. The van der Waals surface area contributed by atoms with E-state index >= 15 is 0 Å². The van der Waals surface area contributed by atoms with Crippen LogP contribution in [0.4, 0.5) is 0 Å². The summed E-state index contributed by atoms with van der Waals surface area (Å²) in [6, 6.07) is 0.571. The number of rotatable bonds is 1. The summed E-state index contributed by atoms with van der Waals surface area (Å²) in [6.45, 7) is 0.973. The highest BCUT2D eigenvalue weighted by Crippen LogP contribution is 2.35. The minimum absolute atomic E-state index is 0. The lowest BCUT2D eigenvalue weighted by Gasteiger charge is -2.40. The summed E-state index contributed by atoms with van der Waals surface area (Å²) in [7, 11) is 1.50. The van der Waals surface area contributed by atoms with Crippen LogP contribution in [0.1, 0.15) is 32.1 Å². The molecule has 0 aromatic rings. The van der Waals surface area contributed by atoms with Crippen LogP contribution in [0.3, 0.4) is 0 Å². The molecule has 1 aliphatic carbocycles. The van der Waals surface area contributed by atoms with Gasteiger partial charge in [0.05, 0.1) is 13.0 Å². The molecule has 88 valence electrons. The number of carbonyl (C=O) groups is 1. The summed E-state index contributed by atoms with van der Waals surface area (Å²) in [5.74, 6) is 0.694. The molecule has 1 saturated carbocycles. The first-order valence-electron chi connectivity index (χ1n) is 5.64. The Balaban J connectivity index is 0.00000112. The van der Waals surface area contributed by atoms with Gasteiger partial charge in [0.2, 0.25) is 0 Å². The van der Waals surface area contributed by atoms with Crippen molar-refractivity contribution in [2.75, 3.05) is 13.7 Å². The number of methoxy groups -OCH3 is 1. The minimum Gasteiger partial charge on any atom is -0.469 e. The molecule has 0 amide bonds. The third-order valence-corrected chi connectivity index (χ3v) is 3.70. The Labute approximate surface area is 97.4 Å². The SMILES string of the molecule is COC(=O)C1CCNC2CCCCC21.Cl. The molecule has 3 unspecified atom stereocenters. The van der Waals surface area contributed by atoms with Gasteiger partial charge < -0.3 is 10.1 Å². The number of halogens is 1. The van der Waals surface area contributed by atoms with Crippen LogP contribution >= 0.6 is 12.4 Å². The van der Waals surface area contributed by atoms with E-state index in [0.29, 0.717) is 12.0 Å². The lowest BCUT2D eigenvalue weighted by molar-refractivity contribution is -0.149. The predicted octanol–water partition coefficient (Wildman–Crippen LogP) is 1.75. The number of hydrogen-bond donors (Lipinski definition) is 1. The van der Waals surface area contributed by atoms with Crippen molar-refractivity contribution in [2.45, 2.75) is 38.1 Å². The van der Waals surface area contributed by atoms with Crippen molar-refractivity contribution >= 4 is 18.4 Å². The molecule has 4 heteroatoms. The first-order chi connectivity index (χ1) is 6.83. The van der Waals surface area contributed by atoms with Crippen LogP contribution < -0.4 is 5.32 Å². The van der Waals surface area contributed by atoms with Gasteiger partial charge in [-0.25, -0.2) is 0 Å². The van der Waals surface area contributed by atoms with E-state index < -0.39 is 0 Å². The molecule has 1 N–H and O–H groups in total. The molecule has 1 aliphatic heterocycles. The molecule has 15 heavy (non-hydrogen) atoms. The first kappa shape index (κ1) is 12.8. The van der Waals surface area contributed by atoms with Crippen molar-refractivity contribution in [1.82, 2.24) is 5.32 Å². The van der Waals surface area contributed by atoms with Gasteiger partial charge in [-0.3, -0.25) is 4.79 Å². The van der Waals surface area contributed by atoms with E-state index in [2.05, 4.69) is 5.32 Å². The van der Waals surface area contributed by atoms with Gasteiger partial charge in [0.1, 0.15) is 0 Å². The van der Waals surface area contributed by atoms with Gasteiger partial charge in [-0.05, 0) is 31.7 Å². The Kier molecular flexibility index (Phi) is 4.87. The molecule has 0 aromatic heterocycles. The van der Waals surface area contributed by atoms with Crippen molar-refractivity contribution < 1.29 is 9.53 Å². The van der Waals surface area contributed by atoms with E-state index in [1.54, 1.807) is 0 Å². The molecule has 0 radical (unpaired) electrons. The van der Waals surface area contributed by atoms with Gasteiger partial charge in [-0.15, -0.1) is 12.4 Å². The Morgan fingerprint density at radius 2 is 2.00 bits per heavy atom. The van der Waals surface area contributed by atoms with E-state index in [0.717, 1.165) is 13.0 Å². The monoisotopic (exact) mass is 233 g/mol. The second-order valence-corrected chi connectivity index (χ2v) is 4.43.